The maximum absolute atomic E-state index is 13.7. The van der Waals surface area contributed by atoms with Crippen molar-refractivity contribution in [3.8, 4) is 0 Å². The summed E-state index contributed by atoms with van der Waals surface area (Å²) >= 11 is 0. The summed E-state index contributed by atoms with van der Waals surface area (Å²) in [5, 5.41) is 4.95. The van der Waals surface area contributed by atoms with Crippen LogP contribution in [-0.2, 0) is 27.3 Å². The van der Waals surface area contributed by atoms with Crippen molar-refractivity contribution >= 4 is 40.3 Å². The molecule has 0 bridgehead atoms. The van der Waals surface area contributed by atoms with Gasteiger partial charge in [0.25, 0.3) is 11.8 Å². The molecule has 6 heteroatoms. The molecule has 1 aliphatic rings. The average molecular weight is 491 g/mol. The number of amides is 2. The van der Waals surface area contributed by atoms with E-state index >= 15 is 0 Å². The summed E-state index contributed by atoms with van der Waals surface area (Å²) in [5.74, 6) is -1.28. The van der Waals surface area contributed by atoms with Crippen LogP contribution in [0.1, 0.15) is 27.0 Å². The van der Waals surface area contributed by atoms with Crippen molar-refractivity contribution in [2.24, 2.45) is 0 Å². The Balaban J connectivity index is 1.46. The minimum atomic E-state index is -0.490. The van der Waals surface area contributed by atoms with Gasteiger partial charge in [-0.15, -0.1) is 0 Å². The van der Waals surface area contributed by atoms with Crippen LogP contribution in [0, 0.1) is 0 Å². The molecule has 6 nitrogen and oxygen atoms in total. The third kappa shape index (κ3) is 5.28. The SMILES string of the molecule is COC(=O)c1ccc(C=C(C(=O)Nc2ccc3ccccc3c2)C(=O)N2CCc3ccccc3C2)cc1. The van der Waals surface area contributed by atoms with Crippen molar-refractivity contribution in [2.45, 2.75) is 13.0 Å². The Morgan fingerprint density at radius 3 is 2.30 bits per heavy atom. The van der Waals surface area contributed by atoms with Crippen LogP contribution < -0.4 is 5.32 Å². The Labute approximate surface area is 215 Å². The van der Waals surface area contributed by atoms with E-state index in [1.807, 2.05) is 60.7 Å². The molecule has 37 heavy (non-hydrogen) atoms. The summed E-state index contributed by atoms with van der Waals surface area (Å²) in [5.41, 5.74) is 3.95. The number of hydrogen-bond acceptors (Lipinski definition) is 4. The molecule has 1 N–H and O–H groups in total. The molecule has 0 saturated heterocycles. The van der Waals surface area contributed by atoms with E-state index < -0.39 is 11.9 Å². The van der Waals surface area contributed by atoms with Gasteiger partial charge in [0.2, 0.25) is 0 Å². The van der Waals surface area contributed by atoms with Crippen molar-refractivity contribution in [3.63, 3.8) is 0 Å². The van der Waals surface area contributed by atoms with Gasteiger partial charge in [0.05, 0.1) is 12.7 Å². The van der Waals surface area contributed by atoms with Crippen LogP contribution in [0.15, 0.2) is 96.6 Å². The van der Waals surface area contributed by atoms with E-state index in [-0.39, 0.29) is 11.5 Å². The summed E-state index contributed by atoms with van der Waals surface area (Å²) in [6, 6.07) is 28.2. The summed E-state index contributed by atoms with van der Waals surface area (Å²) in [6.07, 6.45) is 2.30. The zero-order valence-electron chi connectivity index (χ0n) is 20.4. The number of anilines is 1. The zero-order chi connectivity index (χ0) is 25.8. The van der Waals surface area contributed by atoms with Crippen molar-refractivity contribution in [3.05, 3.63) is 119 Å². The lowest BCUT2D eigenvalue weighted by Crippen LogP contribution is -2.39. The highest BCUT2D eigenvalue weighted by atomic mass is 16.5. The molecule has 0 spiro atoms. The number of fused-ring (bicyclic) bond motifs is 2. The maximum Gasteiger partial charge on any atom is 0.337 e. The molecule has 1 heterocycles. The highest BCUT2D eigenvalue weighted by Crippen LogP contribution is 2.23. The number of benzene rings is 4. The molecule has 0 aromatic heterocycles. The minimum Gasteiger partial charge on any atom is -0.465 e. The number of rotatable bonds is 5. The molecule has 1 aliphatic heterocycles. The van der Waals surface area contributed by atoms with Crippen LogP contribution >= 0.6 is 0 Å². The quantitative estimate of drug-likeness (QED) is 0.180. The predicted octanol–water partition coefficient (Wildman–Crippen LogP) is 5.23. The Bertz CT molecular complexity index is 1520. The van der Waals surface area contributed by atoms with Crippen molar-refractivity contribution in [1.82, 2.24) is 4.90 Å². The second-order valence-electron chi connectivity index (χ2n) is 8.93. The highest BCUT2D eigenvalue weighted by Gasteiger charge is 2.27. The van der Waals surface area contributed by atoms with E-state index in [9.17, 15) is 14.4 Å². The summed E-state index contributed by atoms with van der Waals surface area (Å²) in [7, 11) is 1.32. The molecule has 0 unspecified atom stereocenters. The Morgan fingerprint density at radius 1 is 0.838 bits per heavy atom. The average Bonchev–Trinajstić information content (AvgIpc) is 2.95. The first kappa shape index (κ1) is 24.0. The fraction of sp³-hybridized carbons (Fsp3) is 0.129. The first-order chi connectivity index (χ1) is 18.0. The van der Waals surface area contributed by atoms with Crippen molar-refractivity contribution < 1.29 is 19.1 Å². The topological polar surface area (TPSA) is 75.7 Å². The number of ether oxygens (including phenoxy) is 1. The van der Waals surface area contributed by atoms with E-state index in [2.05, 4.69) is 11.4 Å². The number of nitrogens with one attached hydrogen (secondary N) is 1. The van der Waals surface area contributed by atoms with Gasteiger partial charge in [-0.1, -0.05) is 66.7 Å². The van der Waals surface area contributed by atoms with E-state index in [0.29, 0.717) is 29.9 Å². The molecule has 0 fully saturated rings. The highest BCUT2D eigenvalue weighted by molar-refractivity contribution is 6.25. The van der Waals surface area contributed by atoms with Gasteiger partial charge in [-0.2, -0.15) is 0 Å². The molecule has 0 saturated carbocycles. The molecule has 2 amide bonds. The summed E-state index contributed by atoms with van der Waals surface area (Å²) in [6.45, 7) is 0.967. The smallest absolute Gasteiger partial charge is 0.337 e. The molecule has 5 rings (SSSR count). The zero-order valence-corrected chi connectivity index (χ0v) is 20.4. The molecule has 0 radical (unpaired) electrons. The standard InChI is InChI=1S/C31H26N2O4/c1-37-31(36)24-12-10-21(11-13-24)18-28(30(35)33-17-16-23-7-3-5-9-26(23)20-33)29(34)32-27-15-14-22-6-2-4-8-25(22)19-27/h2-15,18-19H,16-17,20H2,1H3,(H,32,34). The van der Waals surface area contributed by atoms with Crippen molar-refractivity contribution in [1.29, 1.82) is 0 Å². The van der Waals surface area contributed by atoms with Crippen LogP contribution in [0.25, 0.3) is 16.8 Å². The van der Waals surface area contributed by atoms with E-state index in [1.165, 1.54) is 12.7 Å². The van der Waals surface area contributed by atoms with Gasteiger partial charge in [0.15, 0.2) is 0 Å². The lowest BCUT2D eigenvalue weighted by molar-refractivity contribution is -0.130. The maximum atomic E-state index is 13.7. The Hall–Kier alpha value is -4.71. The molecule has 4 aromatic carbocycles. The third-order valence-electron chi connectivity index (χ3n) is 6.54. The van der Waals surface area contributed by atoms with Gasteiger partial charge in [-0.05, 0) is 64.2 Å². The lowest BCUT2D eigenvalue weighted by atomic mass is 9.98. The number of hydrogen-bond donors (Lipinski definition) is 1. The number of carbonyl (C=O) groups is 3. The van der Waals surface area contributed by atoms with Crippen LogP contribution in [-0.4, -0.2) is 36.3 Å². The third-order valence-corrected chi connectivity index (χ3v) is 6.54. The second-order valence-corrected chi connectivity index (χ2v) is 8.93. The Morgan fingerprint density at radius 2 is 1.54 bits per heavy atom. The van der Waals surface area contributed by atoms with Crippen LogP contribution in [0.3, 0.4) is 0 Å². The number of carbonyl (C=O) groups excluding carboxylic acids is 3. The fourth-order valence-electron chi connectivity index (χ4n) is 4.53. The van der Waals surface area contributed by atoms with Crippen LogP contribution in [0.4, 0.5) is 5.69 Å². The normalized spacial score (nSPS) is 13.1. The van der Waals surface area contributed by atoms with Gasteiger partial charge in [0.1, 0.15) is 5.57 Å². The molecule has 0 aliphatic carbocycles. The largest absolute Gasteiger partial charge is 0.465 e. The van der Waals surface area contributed by atoms with Gasteiger partial charge < -0.3 is 15.0 Å². The Kier molecular flexibility index (Phi) is 6.81. The van der Waals surface area contributed by atoms with Gasteiger partial charge in [0, 0.05) is 18.8 Å². The van der Waals surface area contributed by atoms with Gasteiger partial charge in [-0.25, -0.2) is 4.79 Å². The first-order valence-corrected chi connectivity index (χ1v) is 12.1. The second kappa shape index (κ2) is 10.5. The molecule has 0 atom stereocenters. The summed E-state index contributed by atoms with van der Waals surface area (Å²) < 4.78 is 4.76. The van der Waals surface area contributed by atoms with E-state index in [0.717, 1.165) is 22.8 Å². The van der Waals surface area contributed by atoms with Crippen LogP contribution in [0.5, 0.6) is 0 Å². The number of methoxy groups -OCH3 is 1. The molecule has 184 valence electrons. The summed E-state index contributed by atoms with van der Waals surface area (Å²) in [4.78, 5) is 40.7. The van der Waals surface area contributed by atoms with Crippen LogP contribution in [0.2, 0.25) is 0 Å². The monoisotopic (exact) mass is 490 g/mol. The van der Waals surface area contributed by atoms with E-state index in [1.54, 1.807) is 35.2 Å². The van der Waals surface area contributed by atoms with Gasteiger partial charge >= 0.3 is 5.97 Å². The van der Waals surface area contributed by atoms with Crippen molar-refractivity contribution in [2.75, 3.05) is 19.0 Å². The minimum absolute atomic E-state index is 0.0263. The molecular formula is C31H26N2O4. The number of nitrogens with zero attached hydrogens (tertiary/aromatic N) is 1. The molecule has 4 aromatic rings. The van der Waals surface area contributed by atoms with E-state index in [4.69, 9.17) is 4.74 Å². The predicted molar refractivity (Wildman–Crippen MR) is 144 cm³/mol. The van der Waals surface area contributed by atoms with Gasteiger partial charge in [-0.3, -0.25) is 9.59 Å². The molecular weight excluding hydrogens is 464 g/mol. The fourth-order valence-corrected chi connectivity index (χ4v) is 4.53. The number of esters is 1. The first-order valence-electron chi connectivity index (χ1n) is 12.1. The lowest BCUT2D eigenvalue weighted by Gasteiger charge is -2.29.